The van der Waals surface area contributed by atoms with Crippen molar-refractivity contribution in [2.24, 2.45) is 5.41 Å². The number of carbonyl (C=O) groups excluding carboxylic acids is 1. The summed E-state index contributed by atoms with van der Waals surface area (Å²) < 4.78 is 6.11. The molecule has 0 saturated carbocycles. The standard InChI is InChI=1S/C22H29NO4S/c1-6-23(12-22(4,5)26)20(25)13-7-8-14-15(9-13)27-16-10-21(2,3)11-17(28)18(16)19(14)24/h7-9,17,26,28H,6,10-12H2,1-5H3. The minimum Gasteiger partial charge on any atom is -0.460 e. The third-order valence-corrected chi connectivity index (χ3v) is 5.66. The molecule has 1 unspecified atom stereocenters. The van der Waals surface area contributed by atoms with Crippen LogP contribution in [0.3, 0.4) is 0 Å². The van der Waals surface area contributed by atoms with Crippen LogP contribution in [-0.4, -0.2) is 34.6 Å². The van der Waals surface area contributed by atoms with Gasteiger partial charge in [-0.3, -0.25) is 9.59 Å². The van der Waals surface area contributed by atoms with E-state index in [9.17, 15) is 14.7 Å². The lowest BCUT2D eigenvalue weighted by molar-refractivity contribution is 0.0315. The van der Waals surface area contributed by atoms with Crippen molar-refractivity contribution in [3.8, 4) is 0 Å². The zero-order valence-corrected chi connectivity index (χ0v) is 18.1. The Morgan fingerprint density at radius 1 is 1.39 bits per heavy atom. The fraction of sp³-hybridized carbons (Fsp3) is 0.545. The number of thiol groups is 1. The number of hydrogen-bond donors (Lipinski definition) is 2. The van der Waals surface area contributed by atoms with E-state index in [2.05, 4.69) is 26.5 Å². The molecule has 1 aliphatic carbocycles. The lowest BCUT2D eigenvalue weighted by Gasteiger charge is -2.33. The number of rotatable bonds is 4. The molecule has 1 heterocycles. The number of carbonyl (C=O) groups is 1. The van der Waals surface area contributed by atoms with Crippen molar-refractivity contribution in [3.63, 3.8) is 0 Å². The fourth-order valence-corrected chi connectivity index (χ4v) is 4.72. The van der Waals surface area contributed by atoms with Gasteiger partial charge in [0.15, 0.2) is 5.43 Å². The molecule has 152 valence electrons. The third-order valence-electron chi connectivity index (χ3n) is 5.22. The van der Waals surface area contributed by atoms with Crippen LogP contribution in [0.4, 0.5) is 0 Å². The van der Waals surface area contributed by atoms with Crippen molar-refractivity contribution in [3.05, 3.63) is 45.3 Å². The maximum atomic E-state index is 13.0. The Bertz CT molecular complexity index is 971. The van der Waals surface area contributed by atoms with Gasteiger partial charge < -0.3 is 14.4 Å². The van der Waals surface area contributed by atoms with Crippen LogP contribution < -0.4 is 5.43 Å². The van der Waals surface area contributed by atoms with Gasteiger partial charge in [-0.2, -0.15) is 12.6 Å². The fourth-order valence-electron chi connectivity index (χ4n) is 3.96. The summed E-state index contributed by atoms with van der Waals surface area (Å²) in [7, 11) is 0. The topological polar surface area (TPSA) is 70.8 Å². The molecule has 1 aromatic heterocycles. The van der Waals surface area contributed by atoms with Crippen LogP contribution in [0.5, 0.6) is 0 Å². The number of amides is 1. The van der Waals surface area contributed by atoms with Crippen molar-refractivity contribution in [1.82, 2.24) is 4.90 Å². The summed E-state index contributed by atoms with van der Waals surface area (Å²) in [4.78, 5) is 27.5. The molecular weight excluding hydrogens is 374 g/mol. The van der Waals surface area contributed by atoms with Gasteiger partial charge in [0.25, 0.3) is 5.91 Å². The minimum atomic E-state index is -0.985. The number of hydrogen-bond acceptors (Lipinski definition) is 5. The quantitative estimate of drug-likeness (QED) is 0.758. The molecule has 0 aliphatic heterocycles. The molecule has 1 amide bonds. The van der Waals surface area contributed by atoms with Crippen LogP contribution >= 0.6 is 12.6 Å². The molecule has 1 N–H and O–H groups in total. The van der Waals surface area contributed by atoms with Gasteiger partial charge in [-0.05, 0) is 50.8 Å². The Morgan fingerprint density at radius 3 is 2.68 bits per heavy atom. The smallest absolute Gasteiger partial charge is 0.254 e. The average molecular weight is 404 g/mol. The van der Waals surface area contributed by atoms with Gasteiger partial charge in [-0.25, -0.2) is 0 Å². The van der Waals surface area contributed by atoms with Gasteiger partial charge >= 0.3 is 0 Å². The number of aliphatic hydroxyl groups is 1. The van der Waals surface area contributed by atoms with Crippen molar-refractivity contribution >= 4 is 29.5 Å². The number of benzene rings is 1. The number of nitrogens with zero attached hydrogens (tertiary/aromatic N) is 1. The molecule has 0 radical (unpaired) electrons. The van der Waals surface area contributed by atoms with E-state index < -0.39 is 5.60 Å². The predicted molar refractivity (Wildman–Crippen MR) is 114 cm³/mol. The molecular formula is C22H29NO4S. The average Bonchev–Trinajstić information content (AvgIpc) is 2.56. The van der Waals surface area contributed by atoms with Crippen LogP contribution in [0.2, 0.25) is 0 Å². The summed E-state index contributed by atoms with van der Waals surface area (Å²) in [6.07, 6.45) is 1.49. The van der Waals surface area contributed by atoms with E-state index in [4.69, 9.17) is 4.42 Å². The summed E-state index contributed by atoms with van der Waals surface area (Å²) in [5.41, 5.74) is 0.469. The summed E-state index contributed by atoms with van der Waals surface area (Å²) >= 11 is 4.64. The predicted octanol–water partition coefficient (Wildman–Crippen LogP) is 3.97. The van der Waals surface area contributed by atoms with Gasteiger partial charge in [0.05, 0.1) is 16.6 Å². The molecule has 0 spiro atoms. The highest BCUT2D eigenvalue weighted by molar-refractivity contribution is 7.80. The second-order valence-electron chi connectivity index (χ2n) is 9.17. The van der Waals surface area contributed by atoms with Crippen molar-refractivity contribution in [1.29, 1.82) is 0 Å². The van der Waals surface area contributed by atoms with E-state index in [-0.39, 0.29) is 28.5 Å². The first-order valence-corrected chi connectivity index (χ1v) is 10.2. The minimum absolute atomic E-state index is 0.00216. The van der Waals surface area contributed by atoms with Crippen molar-refractivity contribution < 1.29 is 14.3 Å². The van der Waals surface area contributed by atoms with Gasteiger partial charge in [-0.15, -0.1) is 0 Å². The van der Waals surface area contributed by atoms with E-state index in [1.807, 2.05) is 6.92 Å². The van der Waals surface area contributed by atoms with E-state index in [0.717, 1.165) is 6.42 Å². The van der Waals surface area contributed by atoms with Crippen LogP contribution in [0.1, 0.15) is 68.0 Å². The summed E-state index contributed by atoms with van der Waals surface area (Å²) in [6, 6.07) is 4.95. The monoisotopic (exact) mass is 403 g/mol. The lowest BCUT2D eigenvalue weighted by atomic mass is 9.76. The van der Waals surface area contributed by atoms with Gasteiger partial charge in [0.2, 0.25) is 0 Å². The van der Waals surface area contributed by atoms with Crippen LogP contribution in [0.25, 0.3) is 11.0 Å². The highest BCUT2D eigenvalue weighted by Crippen LogP contribution is 2.43. The van der Waals surface area contributed by atoms with E-state index in [1.165, 1.54) is 0 Å². The Kier molecular flexibility index (Phi) is 5.40. The van der Waals surface area contributed by atoms with Gasteiger partial charge in [-0.1, -0.05) is 13.8 Å². The molecule has 1 atom stereocenters. The maximum absolute atomic E-state index is 13.0. The lowest BCUT2D eigenvalue weighted by Crippen LogP contribution is -2.42. The van der Waals surface area contributed by atoms with Gasteiger partial charge in [0.1, 0.15) is 11.3 Å². The highest BCUT2D eigenvalue weighted by Gasteiger charge is 2.34. The SMILES string of the molecule is CCN(CC(C)(C)O)C(=O)c1ccc2c(=O)c3c(oc2c1)CC(C)(C)CC3S. The van der Waals surface area contributed by atoms with E-state index in [1.54, 1.807) is 36.9 Å². The molecule has 1 aliphatic rings. The third kappa shape index (κ3) is 4.13. The Balaban J connectivity index is 2.06. The molecule has 1 aromatic carbocycles. The van der Waals surface area contributed by atoms with Crippen LogP contribution in [0, 0.1) is 5.41 Å². The van der Waals surface area contributed by atoms with Crippen molar-refractivity contribution in [2.75, 3.05) is 13.1 Å². The Labute approximate surface area is 171 Å². The number of likely N-dealkylation sites (N-methyl/N-ethyl adjacent to an activating group) is 1. The van der Waals surface area contributed by atoms with Crippen LogP contribution in [0.15, 0.2) is 27.4 Å². The van der Waals surface area contributed by atoms with Crippen LogP contribution in [-0.2, 0) is 6.42 Å². The molecule has 0 fully saturated rings. The molecule has 6 heteroatoms. The second kappa shape index (κ2) is 7.23. The summed E-state index contributed by atoms with van der Waals surface area (Å²) in [5.74, 6) is 0.474. The first-order chi connectivity index (χ1) is 12.9. The zero-order chi connectivity index (χ0) is 20.9. The summed E-state index contributed by atoms with van der Waals surface area (Å²) in [5, 5.41) is 10.4. The van der Waals surface area contributed by atoms with E-state index >= 15 is 0 Å². The molecule has 5 nitrogen and oxygen atoms in total. The largest absolute Gasteiger partial charge is 0.460 e. The molecule has 0 bridgehead atoms. The van der Waals surface area contributed by atoms with Gasteiger partial charge in [0, 0.05) is 30.3 Å². The normalized spacial score (nSPS) is 18.8. The maximum Gasteiger partial charge on any atom is 0.254 e. The molecule has 0 saturated heterocycles. The first-order valence-electron chi connectivity index (χ1n) is 9.71. The Morgan fingerprint density at radius 2 is 2.07 bits per heavy atom. The van der Waals surface area contributed by atoms with E-state index in [0.29, 0.717) is 40.8 Å². The van der Waals surface area contributed by atoms with Crippen molar-refractivity contribution in [2.45, 2.75) is 58.3 Å². The zero-order valence-electron chi connectivity index (χ0n) is 17.2. The first kappa shape index (κ1) is 20.9. The molecule has 28 heavy (non-hydrogen) atoms. The number of fused-ring (bicyclic) bond motifs is 2. The second-order valence-corrected chi connectivity index (χ2v) is 9.79. The summed E-state index contributed by atoms with van der Waals surface area (Å²) in [6.45, 7) is 10.2. The highest BCUT2D eigenvalue weighted by atomic mass is 32.1. The Hall–Kier alpha value is -1.79. The molecule has 2 aromatic rings. The molecule has 3 rings (SSSR count).